The van der Waals surface area contributed by atoms with Crippen molar-refractivity contribution < 1.29 is 18.9 Å². The first kappa shape index (κ1) is 120. The average Bonchev–Trinajstić information content (AvgIpc) is 1.88. The molecule has 0 aromatic rings. The molecule has 4 fully saturated rings. The van der Waals surface area contributed by atoms with E-state index in [0.717, 1.165) is 136 Å². The third kappa shape index (κ3) is 134. The normalized spacial score (nSPS) is 16.1. The Kier molecular flexibility index (Phi) is 86.8. The highest BCUT2D eigenvalue weighted by molar-refractivity contribution is 5.10. The molecule has 0 aliphatic carbocycles. The molecule has 4 saturated heterocycles. The first-order valence-corrected chi connectivity index (χ1v) is 45.8. The van der Waals surface area contributed by atoms with Crippen LogP contribution in [-0.2, 0) is 18.9 Å². The van der Waals surface area contributed by atoms with Crippen molar-refractivity contribution in [2.45, 2.75) is 381 Å². The number of hydrogen-bond acceptors (Lipinski definition) is 4. The van der Waals surface area contributed by atoms with Gasteiger partial charge in [-0.15, -0.1) is 0 Å². The number of ether oxygens (including phenoxy) is 4. The van der Waals surface area contributed by atoms with Crippen LogP contribution in [0.4, 0.5) is 0 Å². The lowest BCUT2D eigenvalue weighted by molar-refractivity contribution is 0.475. The topological polar surface area (TPSA) is 50.1 Å². The van der Waals surface area contributed by atoms with Gasteiger partial charge in [0.1, 0.15) is 0 Å². The summed E-state index contributed by atoms with van der Waals surface area (Å²) in [4.78, 5) is 0. The number of rotatable bonds is 28. The number of epoxide rings is 4. The van der Waals surface area contributed by atoms with Crippen molar-refractivity contribution >= 4 is 0 Å². The molecular weight excluding hydrogens is 1340 g/mol. The Balaban J connectivity index is -0.000000218. The summed E-state index contributed by atoms with van der Waals surface area (Å²) in [6.07, 6.45) is 17.1. The van der Waals surface area contributed by atoms with Gasteiger partial charge in [-0.2, -0.15) is 0 Å². The minimum Gasteiger partial charge on any atom is -0.377 e. The highest BCUT2D eigenvalue weighted by atomic mass is 16.6. The molecule has 110 heavy (non-hydrogen) atoms. The van der Waals surface area contributed by atoms with Gasteiger partial charge in [-0.3, -0.25) is 0 Å². The third-order valence-electron chi connectivity index (χ3n) is 16.4. The van der Waals surface area contributed by atoms with Crippen molar-refractivity contribution in [3.8, 4) is 82.9 Å². The van der Waals surface area contributed by atoms with Crippen LogP contribution in [0.15, 0.2) is 0 Å². The van der Waals surface area contributed by atoms with E-state index in [9.17, 15) is 0 Å². The van der Waals surface area contributed by atoms with Crippen LogP contribution >= 0.6 is 0 Å². The van der Waals surface area contributed by atoms with E-state index in [0.29, 0.717) is 82.9 Å². The minimum absolute atomic E-state index is 0.560. The Bertz CT molecular complexity index is 1830. The Morgan fingerprint density at radius 2 is 0.164 bits per heavy atom. The van der Waals surface area contributed by atoms with E-state index >= 15 is 0 Å². The Morgan fingerprint density at radius 1 is 0.118 bits per heavy atom. The Labute approximate surface area is 697 Å². The van der Waals surface area contributed by atoms with Crippen LogP contribution in [0.3, 0.4) is 0 Å². The van der Waals surface area contributed by atoms with E-state index in [4.69, 9.17) is 0 Å². The second-order valence-electron chi connectivity index (χ2n) is 39.9. The fraction of sp³-hybridized carbons (Fsp3) is 0.868. The van der Waals surface area contributed by atoms with Crippen molar-refractivity contribution in [1.29, 1.82) is 0 Å². The molecule has 0 bridgehead atoms. The first-order chi connectivity index (χ1) is 50.9. The van der Waals surface area contributed by atoms with E-state index in [1.165, 1.54) is 89.9 Å². The summed E-state index contributed by atoms with van der Waals surface area (Å²) < 4.78 is 18.0. The van der Waals surface area contributed by atoms with Crippen LogP contribution in [0, 0.1) is 249 Å². The monoisotopic (exact) mass is 1540 g/mol. The van der Waals surface area contributed by atoms with Gasteiger partial charge in [0.05, 0.1) is 52.9 Å². The van der Waals surface area contributed by atoms with Crippen LogP contribution in [0.1, 0.15) is 381 Å². The second-order valence-corrected chi connectivity index (χ2v) is 39.9. The van der Waals surface area contributed by atoms with Crippen molar-refractivity contribution in [2.75, 3.05) is 52.9 Å². The molecule has 4 heterocycles. The van der Waals surface area contributed by atoms with Gasteiger partial charge in [0.25, 0.3) is 0 Å². The zero-order chi connectivity index (χ0) is 86.5. The fourth-order valence-corrected chi connectivity index (χ4v) is 12.7. The van der Waals surface area contributed by atoms with Crippen LogP contribution in [0.5, 0.6) is 0 Å². The molecule has 14 atom stereocenters. The standard InChI is InChI=1S/7C14H26.4C2H4O/c7*1-11(2)9-13(5)7-8-14(6)10-12(3)4;4*1-2-3-1/h7*11-14H,9-10H2,1-6H3;4*1-2H2. The van der Waals surface area contributed by atoms with Crippen molar-refractivity contribution in [1.82, 2.24) is 0 Å². The van der Waals surface area contributed by atoms with Gasteiger partial charge in [0, 0.05) is 82.9 Å². The summed E-state index contributed by atoms with van der Waals surface area (Å²) in [5, 5.41) is 0. The molecule has 646 valence electrons. The first-order valence-electron chi connectivity index (χ1n) is 45.8. The lowest BCUT2D eigenvalue weighted by Gasteiger charge is -2.09. The van der Waals surface area contributed by atoms with Gasteiger partial charge < -0.3 is 18.9 Å². The minimum atomic E-state index is 0.560. The lowest BCUT2D eigenvalue weighted by Crippen LogP contribution is -2.00. The maximum atomic E-state index is 4.50. The quantitative estimate of drug-likeness (QED) is 0.0579. The summed E-state index contributed by atoms with van der Waals surface area (Å²) >= 11 is 0. The van der Waals surface area contributed by atoms with Crippen LogP contribution in [0.25, 0.3) is 0 Å². The number of hydrogen-bond donors (Lipinski definition) is 0. The predicted octanol–water partition coefficient (Wildman–Crippen LogP) is 30.5. The third-order valence-corrected chi connectivity index (χ3v) is 16.4. The highest BCUT2D eigenvalue weighted by Crippen LogP contribution is 2.20. The molecule has 4 nitrogen and oxygen atoms in total. The molecular formula is C106H198O4. The molecule has 4 rings (SSSR count). The highest BCUT2D eigenvalue weighted by Gasteiger charge is 2.11. The van der Waals surface area contributed by atoms with E-state index in [1.54, 1.807) is 0 Å². The van der Waals surface area contributed by atoms with Gasteiger partial charge in [0.2, 0.25) is 0 Å². The molecule has 0 spiro atoms. The SMILES string of the molecule is C1CO1.C1CO1.C1CO1.C1CO1.CC(C)CC(C)C#CC(C)CC(C)C.CC(C)CC(C)C#CC(C)CC(C)C.CC(C)CC(C)C#CC(C)CC(C)C.CC(C)CC(C)C#CC(C)CC(C)C.CC(C)CC(C)C#CC(C)CC(C)C.CC(C)CC(C)C#CC(C)CC(C)C.CC(C)CC(C)C#CC(C)CC(C)C. The maximum Gasteiger partial charge on any atom is 0.0701 e. The van der Waals surface area contributed by atoms with E-state index in [1.807, 2.05) is 0 Å². The summed E-state index contributed by atoms with van der Waals surface area (Å²) in [5.74, 6) is 65.7. The van der Waals surface area contributed by atoms with Gasteiger partial charge in [0.15, 0.2) is 0 Å². The molecule has 4 heteroatoms. The molecule has 0 aromatic heterocycles. The van der Waals surface area contributed by atoms with Gasteiger partial charge in [-0.05, 0) is 173 Å². The van der Waals surface area contributed by atoms with Crippen LogP contribution in [0.2, 0.25) is 0 Å². The smallest absolute Gasteiger partial charge is 0.0701 e. The van der Waals surface area contributed by atoms with Gasteiger partial charge >= 0.3 is 0 Å². The maximum absolute atomic E-state index is 4.50. The predicted molar refractivity (Wildman–Crippen MR) is 498 cm³/mol. The van der Waals surface area contributed by atoms with Gasteiger partial charge in [-0.25, -0.2) is 0 Å². The Morgan fingerprint density at radius 3 is 0.191 bits per heavy atom. The van der Waals surface area contributed by atoms with Gasteiger partial charge in [-0.1, -0.05) is 374 Å². The zero-order valence-electron chi connectivity index (χ0n) is 82.4. The summed E-state index contributed by atoms with van der Waals surface area (Å²) in [6.45, 7) is 103. The molecule has 0 amide bonds. The van der Waals surface area contributed by atoms with Crippen LogP contribution in [-0.4, -0.2) is 52.9 Å². The molecule has 4 aliphatic rings. The van der Waals surface area contributed by atoms with Crippen molar-refractivity contribution in [3.05, 3.63) is 0 Å². The second kappa shape index (κ2) is 79.6. The van der Waals surface area contributed by atoms with Crippen molar-refractivity contribution in [3.63, 3.8) is 0 Å². The molecule has 0 N–H and O–H groups in total. The summed E-state index contributed by atoms with van der Waals surface area (Å²) in [7, 11) is 0. The van der Waals surface area contributed by atoms with Crippen LogP contribution < -0.4 is 0 Å². The Hall–Kier alpha value is -3.24. The molecule has 0 radical (unpaired) electrons. The fourth-order valence-electron chi connectivity index (χ4n) is 12.7. The summed E-state index contributed by atoms with van der Waals surface area (Å²) in [6, 6.07) is 0. The molecule has 0 saturated carbocycles. The molecule has 0 aromatic carbocycles. The van der Waals surface area contributed by atoms with Crippen molar-refractivity contribution in [2.24, 2.45) is 166 Å². The summed E-state index contributed by atoms with van der Waals surface area (Å²) in [5.41, 5.74) is 0. The van der Waals surface area contributed by atoms with E-state index in [2.05, 4.69) is 393 Å². The average molecular weight is 1540 g/mol. The lowest BCUT2D eigenvalue weighted by atomic mass is 9.96. The molecule has 14 unspecified atom stereocenters. The molecule has 4 aliphatic heterocycles. The van der Waals surface area contributed by atoms with E-state index < -0.39 is 0 Å². The zero-order valence-corrected chi connectivity index (χ0v) is 82.4. The van der Waals surface area contributed by atoms with E-state index in [-0.39, 0.29) is 0 Å². The largest absolute Gasteiger partial charge is 0.377 e.